The van der Waals surface area contributed by atoms with Crippen molar-refractivity contribution in [1.29, 1.82) is 0 Å². The molecule has 2 rings (SSSR count). The van der Waals surface area contributed by atoms with Gasteiger partial charge in [-0.05, 0) is 22.0 Å². The number of aromatic amines is 1. The van der Waals surface area contributed by atoms with Crippen molar-refractivity contribution in [2.75, 3.05) is 5.73 Å². The minimum Gasteiger partial charge on any atom is -0.478 e. The lowest BCUT2D eigenvalue weighted by Gasteiger charge is -2.02. The maximum absolute atomic E-state index is 13.5. The molecule has 78 valence electrons. The van der Waals surface area contributed by atoms with Gasteiger partial charge in [-0.15, -0.1) is 0 Å². The van der Waals surface area contributed by atoms with Crippen LogP contribution >= 0.6 is 15.9 Å². The van der Waals surface area contributed by atoms with Gasteiger partial charge in [-0.3, -0.25) is 0 Å². The first-order valence-electron chi connectivity index (χ1n) is 4.00. The molecule has 0 radical (unpaired) electrons. The maximum atomic E-state index is 13.5. The number of anilines is 1. The molecule has 0 fully saturated rings. The molecule has 2 aromatic rings. The van der Waals surface area contributed by atoms with Gasteiger partial charge in [-0.2, -0.15) is 0 Å². The molecule has 0 spiro atoms. The molecule has 4 nitrogen and oxygen atoms in total. The highest BCUT2D eigenvalue weighted by Gasteiger charge is 2.19. The van der Waals surface area contributed by atoms with Crippen molar-refractivity contribution in [2.45, 2.75) is 0 Å². The fraction of sp³-hybridized carbons (Fsp3) is 0. The molecule has 0 saturated carbocycles. The second-order valence-electron chi connectivity index (χ2n) is 3.02. The predicted octanol–water partition coefficient (Wildman–Crippen LogP) is 2.35. The summed E-state index contributed by atoms with van der Waals surface area (Å²) in [5.74, 6) is -1.81. The van der Waals surface area contributed by atoms with Crippen molar-refractivity contribution in [1.82, 2.24) is 4.98 Å². The van der Waals surface area contributed by atoms with Crippen LogP contribution in [-0.2, 0) is 0 Å². The molecular weight excluding hydrogens is 267 g/mol. The predicted molar refractivity (Wildman–Crippen MR) is 57.3 cm³/mol. The number of H-pyrrole nitrogens is 1. The zero-order chi connectivity index (χ0) is 11.2. The third-order valence-electron chi connectivity index (χ3n) is 2.14. The number of rotatable bonds is 1. The number of hydrogen-bond acceptors (Lipinski definition) is 2. The van der Waals surface area contributed by atoms with Gasteiger partial charge in [0.15, 0.2) is 5.82 Å². The van der Waals surface area contributed by atoms with E-state index in [1.54, 1.807) is 0 Å². The summed E-state index contributed by atoms with van der Waals surface area (Å²) in [4.78, 5) is 13.5. The van der Waals surface area contributed by atoms with Crippen molar-refractivity contribution >= 4 is 38.5 Å². The molecule has 15 heavy (non-hydrogen) atoms. The number of nitrogen functional groups attached to an aromatic ring is 1. The van der Waals surface area contributed by atoms with Crippen molar-refractivity contribution in [2.24, 2.45) is 0 Å². The van der Waals surface area contributed by atoms with Crippen LogP contribution in [0.25, 0.3) is 10.8 Å². The molecule has 0 aliphatic heterocycles. The van der Waals surface area contributed by atoms with Crippen LogP contribution in [0.2, 0.25) is 0 Å². The Balaban J connectivity index is 2.97. The van der Waals surface area contributed by atoms with Gasteiger partial charge in [0, 0.05) is 17.0 Å². The smallest absolute Gasteiger partial charge is 0.339 e. The molecular formula is C9H6BrFN2O2. The van der Waals surface area contributed by atoms with Gasteiger partial charge in [-0.1, -0.05) is 0 Å². The van der Waals surface area contributed by atoms with Crippen molar-refractivity contribution in [3.05, 3.63) is 28.1 Å². The molecule has 0 bridgehead atoms. The van der Waals surface area contributed by atoms with E-state index in [-0.39, 0.29) is 15.4 Å². The van der Waals surface area contributed by atoms with Gasteiger partial charge in [0.2, 0.25) is 0 Å². The summed E-state index contributed by atoms with van der Waals surface area (Å²) in [6.45, 7) is 0. The monoisotopic (exact) mass is 272 g/mol. The Morgan fingerprint density at radius 2 is 2.20 bits per heavy atom. The van der Waals surface area contributed by atoms with Crippen LogP contribution in [0.15, 0.2) is 16.7 Å². The van der Waals surface area contributed by atoms with Crippen LogP contribution in [0.1, 0.15) is 10.4 Å². The molecule has 0 aliphatic rings. The summed E-state index contributed by atoms with van der Waals surface area (Å²) < 4.78 is 13.6. The van der Waals surface area contributed by atoms with Gasteiger partial charge in [0.1, 0.15) is 11.4 Å². The first-order valence-corrected chi connectivity index (χ1v) is 4.79. The molecule has 1 heterocycles. The number of aromatic carboxylic acids is 1. The average Bonchev–Trinajstić information content (AvgIpc) is 2.49. The lowest BCUT2D eigenvalue weighted by atomic mass is 10.1. The fourth-order valence-corrected chi connectivity index (χ4v) is 1.88. The van der Waals surface area contributed by atoms with E-state index in [1.807, 2.05) is 0 Å². The number of benzene rings is 1. The summed E-state index contributed by atoms with van der Waals surface area (Å²) in [6, 6.07) is 1.45. The van der Waals surface area contributed by atoms with E-state index in [0.29, 0.717) is 11.2 Å². The summed E-state index contributed by atoms with van der Waals surface area (Å²) in [7, 11) is 0. The lowest BCUT2D eigenvalue weighted by molar-refractivity contribution is 0.0694. The van der Waals surface area contributed by atoms with E-state index in [0.717, 1.165) is 0 Å². The Labute approximate surface area is 92.0 Å². The minimum absolute atomic E-state index is 0.0821. The number of carbonyl (C=O) groups is 1. The third kappa shape index (κ3) is 1.37. The Hall–Kier alpha value is -1.56. The van der Waals surface area contributed by atoms with Gasteiger partial charge in [0.05, 0.1) is 4.47 Å². The number of carboxylic acids is 1. The normalized spacial score (nSPS) is 10.8. The van der Waals surface area contributed by atoms with Crippen LogP contribution in [0.3, 0.4) is 0 Å². The van der Waals surface area contributed by atoms with Crippen LogP contribution in [0, 0.1) is 5.82 Å². The van der Waals surface area contributed by atoms with E-state index >= 15 is 0 Å². The Kier molecular flexibility index (Phi) is 2.15. The minimum atomic E-state index is -1.32. The summed E-state index contributed by atoms with van der Waals surface area (Å²) in [6.07, 6.45) is 1.38. The number of nitrogens with one attached hydrogen (secondary N) is 1. The second-order valence-corrected chi connectivity index (χ2v) is 3.87. The van der Waals surface area contributed by atoms with Crippen LogP contribution < -0.4 is 5.73 Å². The zero-order valence-corrected chi connectivity index (χ0v) is 8.93. The van der Waals surface area contributed by atoms with E-state index in [4.69, 9.17) is 10.8 Å². The van der Waals surface area contributed by atoms with E-state index < -0.39 is 11.8 Å². The Morgan fingerprint density at radius 1 is 1.53 bits per heavy atom. The highest BCUT2D eigenvalue weighted by Crippen LogP contribution is 2.31. The number of aromatic nitrogens is 1. The lowest BCUT2D eigenvalue weighted by Crippen LogP contribution is -2.02. The Bertz CT molecular complexity index is 565. The number of halogens is 2. The van der Waals surface area contributed by atoms with E-state index in [9.17, 15) is 9.18 Å². The van der Waals surface area contributed by atoms with Crippen LogP contribution in [-0.4, -0.2) is 16.1 Å². The number of nitrogens with two attached hydrogens (primary N) is 1. The molecule has 0 amide bonds. The number of carboxylic acid groups (broad SMARTS) is 1. The zero-order valence-electron chi connectivity index (χ0n) is 7.34. The van der Waals surface area contributed by atoms with Crippen molar-refractivity contribution in [3.8, 4) is 0 Å². The summed E-state index contributed by atoms with van der Waals surface area (Å²) >= 11 is 2.95. The van der Waals surface area contributed by atoms with Crippen LogP contribution in [0.5, 0.6) is 0 Å². The molecule has 0 saturated heterocycles. The molecule has 0 atom stereocenters. The van der Waals surface area contributed by atoms with Crippen LogP contribution in [0.4, 0.5) is 10.2 Å². The largest absolute Gasteiger partial charge is 0.478 e. The maximum Gasteiger partial charge on any atom is 0.339 e. The quantitative estimate of drug-likeness (QED) is 0.746. The van der Waals surface area contributed by atoms with Gasteiger partial charge in [0.25, 0.3) is 0 Å². The summed E-state index contributed by atoms with van der Waals surface area (Å²) in [5, 5.41) is 9.63. The topological polar surface area (TPSA) is 79.1 Å². The summed E-state index contributed by atoms with van der Waals surface area (Å²) in [5.41, 5.74) is 5.19. The molecule has 1 aromatic carbocycles. The average molecular weight is 273 g/mol. The number of hydrogen-bond donors (Lipinski definition) is 3. The standard InChI is InChI=1S/C9H6BrFN2O2/c10-5-1-3-4(2-13-8(3)12)6(7(5)11)9(14)15/h1-2,13H,12H2,(H,14,15). The van der Waals surface area contributed by atoms with Gasteiger partial charge >= 0.3 is 5.97 Å². The second kappa shape index (κ2) is 3.23. The molecule has 6 heteroatoms. The molecule has 1 aromatic heterocycles. The first-order chi connectivity index (χ1) is 7.02. The number of fused-ring (bicyclic) bond motifs is 1. The molecule has 4 N–H and O–H groups in total. The highest BCUT2D eigenvalue weighted by molar-refractivity contribution is 9.10. The van der Waals surface area contributed by atoms with Crippen molar-refractivity contribution < 1.29 is 14.3 Å². The van der Waals surface area contributed by atoms with Gasteiger partial charge < -0.3 is 15.8 Å². The third-order valence-corrected chi connectivity index (χ3v) is 2.71. The fourth-order valence-electron chi connectivity index (χ4n) is 1.45. The van der Waals surface area contributed by atoms with E-state index in [2.05, 4.69) is 20.9 Å². The van der Waals surface area contributed by atoms with Crippen molar-refractivity contribution in [3.63, 3.8) is 0 Å². The van der Waals surface area contributed by atoms with Gasteiger partial charge in [-0.25, -0.2) is 9.18 Å². The SMILES string of the molecule is Nc1[nH]cc2c(C(=O)O)c(F)c(Br)cc12. The molecule has 0 unspecified atom stereocenters. The highest BCUT2D eigenvalue weighted by atomic mass is 79.9. The van der Waals surface area contributed by atoms with E-state index in [1.165, 1.54) is 12.3 Å². The molecule has 0 aliphatic carbocycles. The Morgan fingerprint density at radius 3 is 2.80 bits per heavy atom. The first kappa shape index (κ1) is 9.97.